The van der Waals surface area contributed by atoms with Crippen LogP contribution in [0.25, 0.3) is 11.4 Å². The molecule has 1 aliphatic heterocycles. The van der Waals surface area contributed by atoms with E-state index in [1.807, 2.05) is 49.6 Å². The van der Waals surface area contributed by atoms with Gasteiger partial charge in [-0.15, -0.1) is 5.10 Å². The fourth-order valence-corrected chi connectivity index (χ4v) is 4.06. The molecule has 1 aromatic carbocycles. The first kappa shape index (κ1) is 22.6. The molecule has 164 valence electrons. The van der Waals surface area contributed by atoms with Gasteiger partial charge in [0.1, 0.15) is 24.4 Å². The van der Waals surface area contributed by atoms with E-state index in [2.05, 4.69) is 10.4 Å². The third kappa shape index (κ3) is 4.19. The molecule has 0 aliphatic carbocycles. The van der Waals surface area contributed by atoms with Crippen molar-refractivity contribution in [3.8, 4) is 11.4 Å². The van der Waals surface area contributed by atoms with Crippen molar-refractivity contribution in [3.05, 3.63) is 34.6 Å². The highest BCUT2D eigenvalue weighted by Gasteiger charge is 2.46. The van der Waals surface area contributed by atoms with E-state index < -0.39 is 43.1 Å². The van der Waals surface area contributed by atoms with Crippen molar-refractivity contribution in [3.63, 3.8) is 0 Å². The molecule has 1 amide bonds. The molecule has 1 saturated heterocycles. The number of aromatic nitrogens is 3. The summed E-state index contributed by atoms with van der Waals surface area (Å²) in [6.45, 7) is 6.74. The Bertz CT molecular complexity index is 955. The maximum absolute atomic E-state index is 11.7. The van der Waals surface area contributed by atoms with Crippen molar-refractivity contribution in [1.29, 1.82) is 0 Å². The van der Waals surface area contributed by atoms with Gasteiger partial charge >= 0.3 is 0 Å². The highest BCUT2D eigenvalue weighted by Crippen LogP contribution is 2.31. The third-order valence-corrected chi connectivity index (χ3v) is 5.55. The molecule has 0 spiro atoms. The summed E-state index contributed by atoms with van der Waals surface area (Å²) in [4.78, 5) is 11.7. The van der Waals surface area contributed by atoms with Crippen molar-refractivity contribution >= 4 is 18.1 Å². The van der Waals surface area contributed by atoms with E-state index in [9.17, 15) is 20.1 Å². The van der Waals surface area contributed by atoms with Crippen molar-refractivity contribution in [2.45, 2.75) is 64.3 Å². The maximum atomic E-state index is 11.7. The molecule has 4 N–H and O–H groups in total. The molecule has 0 saturated carbocycles. The van der Waals surface area contributed by atoms with E-state index in [4.69, 9.17) is 17.0 Å². The molecule has 3 rings (SSSR count). The number of hydrogen-bond acceptors (Lipinski definition) is 7. The van der Waals surface area contributed by atoms with E-state index >= 15 is 0 Å². The van der Waals surface area contributed by atoms with Crippen LogP contribution in [-0.4, -0.2) is 66.5 Å². The first-order chi connectivity index (χ1) is 14.1. The minimum absolute atomic E-state index is 0.0190. The predicted molar refractivity (Wildman–Crippen MR) is 112 cm³/mol. The van der Waals surface area contributed by atoms with E-state index in [1.54, 1.807) is 0 Å². The quantitative estimate of drug-likeness (QED) is 0.518. The molecule has 2 heterocycles. The molecule has 1 aromatic heterocycles. The minimum Gasteiger partial charge on any atom is -0.394 e. The summed E-state index contributed by atoms with van der Waals surface area (Å²) >= 11 is 5.67. The molecule has 2 aromatic rings. The van der Waals surface area contributed by atoms with Crippen LogP contribution in [0.1, 0.15) is 38.6 Å². The van der Waals surface area contributed by atoms with E-state index in [0.29, 0.717) is 10.6 Å². The number of benzene rings is 1. The number of rotatable bonds is 5. The van der Waals surface area contributed by atoms with Gasteiger partial charge in [-0.1, -0.05) is 29.8 Å². The lowest BCUT2D eigenvalue weighted by Crippen LogP contribution is -2.62. The average Bonchev–Trinajstić information content (AvgIpc) is 3.03. The topological polar surface area (TPSA) is 122 Å². The zero-order valence-electron chi connectivity index (χ0n) is 17.4. The Labute approximate surface area is 179 Å². The molecule has 5 atom stereocenters. The summed E-state index contributed by atoms with van der Waals surface area (Å²) in [5, 5.41) is 37.7. The first-order valence-electron chi connectivity index (χ1n) is 9.83. The van der Waals surface area contributed by atoms with Gasteiger partial charge in [-0.05, 0) is 33.0 Å². The van der Waals surface area contributed by atoms with E-state index in [-0.39, 0.29) is 6.04 Å². The van der Waals surface area contributed by atoms with Crippen molar-refractivity contribution in [1.82, 2.24) is 19.7 Å². The first-order valence-corrected chi connectivity index (χ1v) is 10.2. The van der Waals surface area contributed by atoms with E-state index in [1.165, 1.54) is 11.6 Å². The van der Waals surface area contributed by atoms with Gasteiger partial charge in [-0.2, -0.15) is 0 Å². The van der Waals surface area contributed by atoms with Gasteiger partial charge < -0.3 is 25.4 Å². The zero-order valence-corrected chi connectivity index (χ0v) is 18.2. The molecule has 9 nitrogen and oxygen atoms in total. The summed E-state index contributed by atoms with van der Waals surface area (Å²) in [7, 11) is 0. The summed E-state index contributed by atoms with van der Waals surface area (Å²) in [6.07, 6.45) is -4.81. The fraction of sp³-hybridized carbons (Fsp3) is 0.550. The average molecular weight is 437 g/mol. The van der Waals surface area contributed by atoms with Crippen LogP contribution in [0.3, 0.4) is 0 Å². The van der Waals surface area contributed by atoms with Crippen LogP contribution < -0.4 is 5.32 Å². The second-order valence-electron chi connectivity index (χ2n) is 7.84. The summed E-state index contributed by atoms with van der Waals surface area (Å²) in [5.41, 5.74) is 1.96. The number of amides is 1. The Morgan fingerprint density at radius 3 is 2.43 bits per heavy atom. The normalized spacial score (nSPS) is 26.7. The molecular weight excluding hydrogens is 408 g/mol. The van der Waals surface area contributed by atoms with Gasteiger partial charge in [-0.25, -0.2) is 4.68 Å². The number of carbonyl (C=O) groups excluding carboxylic acids is 1. The lowest BCUT2D eigenvalue weighted by Gasteiger charge is -2.42. The van der Waals surface area contributed by atoms with Crippen molar-refractivity contribution in [2.75, 3.05) is 6.61 Å². The number of hydrogen-bond donors (Lipinski definition) is 4. The minimum atomic E-state index is -1.38. The number of aryl methyl sites for hydroxylation is 1. The van der Waals surface area contributed by atoms with Crippen LogP contribution in [-0.2, 0) is 9.53 Å². The smallest absolute Gasteiger partial charge is 0.217 e. The molecule has 0 unspecified atom stereocenters. The summed E-state index contributed by atoms with van der Waals surface area (Å²) in [5.74, 6) is 0.206. The maximum Gasteiger partial charge on any atom is 0.217 e. The molecule has 1 aliphatic rings. The molecule has 30 heavy (non-hydrogen) atoms. The predicted octanol–water partition coefficient (Wildman–Crippen LogP) is 1.09. The van der Waals surface area contributed by atoms with Gasteiger partial charge in [-0.3, -0.25) is 9.36 Å². The van der Waals surface area contributed by atoms with Crippen LogP contribution in [0.15, 0.2) is 24.3 Å². The second-order valence-corrected chi connectivity index (χ2v) is 8.20. The van der Waals surface area contributed by atoms with Gasteiger partial charge in [0.05, 0.1) is 6.61 Å². The fourth-order valence-electron chi connectivity index (χ4n) is 3.62. The Hall–Kier alpha value is -2.11. The largest absolute Gasteiger partial charge is 0.394 e. The number of aliphatic hydroxyl groups is 3. The lowest BCUT2D eigenvalue weighted by molar-refractivity contribution is -0.219. The van der Waals surface area contributed by atoms with Crippen LogP contribution in [0.5, 0.6) is 0 Å². The summed E-state index contributed by atoms with van der Waals surface area (Å²) < 4.78 is 9.46. The number of nitrogens with zero attached hydrogens (tertiary/aromatic N) is 3. The van der Waals surface area contributed by atoms with Crippen LogP contribution >= 0.6 is 12.2 Å². The van der Waals surface area contributed by atoms with Crippen molar-refractivity contribution in [2.24, 2.45) is 0 Å². The summed E-state index contributed by atoms with van der Waals surface area (Å²) in [6, 6.07) is 6.81. The molecule has 0 bridgehead atoms. The van der Waals surface area contributed by atoms with Crippen molar-refractivity contribution < 1.29 is 24.9 Å². The van der Waals surface area contributed by atoms with Crippen LogP contribution in [0.2, 0.25) is 0 Å². The molecule has 0 radical (unpaired) electrons. The monoisotopic (exact) mass is 436 g/mol. The zero-order chi connectivity index (χ0) is 22.2. The highest BCUT2D eigenvalue weighted by atomic mass is 32.1. The number of ether oxygens (including phenoxy) is 1. The lowest BCUT2D eigenvalue weighted by atomic mass is 9.96. The molecular formula is C20H28N4O5S. The number of nitrogens with one attached hydrogen (secondary N) is 1. The number of aliphatic hydroxyl groups excluding tert-OH is 3. The Morgan fingerprint density at radius 2 is 1.90 bits per heavy atom. The van der Waals surface area contributed by atoms with Crippen LogP contribution in [0, 0.1) is 11.7 Å². The second kappa shape index (κ2) is 8.94. The molecule has 1 fully saturated rings. The van der Waals surface area contributed by atoms with Gasteiger partial charge in [0.25, 0.3) is 0 Å². The Morgan fingerprint density at radius 1 is 1.27 bits per heavy atom. The Balaban J connectivity index is 2.14. The van der Waals surface area contributed by atoms with Gasteiger partial charge in [0, 0.05) is 18.5 Å². The standard InChI is InChI=1S/C20H28N4O5S/c1-10(2)23-18(13-7-5-11(3)6-8-13)22-24(20(23)30)19-15(21-12(4)26)17(28)16(27)14(9-25)29-19/h5-8,10,14-17,19,25,27-28H,9H2,1-4H3,(H,21,26)/t14-,15-,16-,17+,19-/m1/s1. The van der Waals surface area contributed by atoms with Crippen LogP contribution in [0.4, 0.5) is 0 Å². The highest BCUT2D eigenvalue weighted by molar-refractivity contribution is 7.71. The Kier molecular flexibility index (Phi) is 6.73. The van der Waals surface area contributed by atoms with Gasteiger partial charge in [0.15, 0.2) is 12.1 Å². The number of carbonyl (C=O) groups is 1. The SMILES string of the molecule is CC(=O)N[C@@H]1[C@H](O)[C@H](O)[C@@H](CO)O[C@H]1n1nc(-c2ccc(C)cc2)n(C(C)C)c1=S. The van der Waals surface area contributed by atoms with Gasteiger partial charge in [0.2, 0.25) is 10.7 Å². The van der Waals surface area contributed by atoms with E-state index in [0.717, 1.165) is 11.1 Å². The molecule has 10 heteroatoms. The third-order valence-electron chi connectivity index (χ3n) is 5.17.